The van der Waals surface area contributed by atoms with E-state index in [9.17, 15) is 0 Å². The van der Waals surface area contributed by atoms with Gasteiger partial charge in [0.2, 0.25) is 0 Å². The van der Waals surface area contributed by atoms with E-state index < -0.39 is 0 Å². The predicted molar refractivity (Wildman–Crippen MR) is 59.1 cm³/mol. The highest BCUT2D eigenvalue weighted by molar-refractivity contribution is 5.03. The molecule has 0 spiro atoms. The first kappa shape index (κ1) is 11.2. The number of hydrogen-bond donors (Lipinski definition) is 0. The fraction of sp³-hybridized carbons (Fsp3) is 0.727. The van der Waals surface area contributed by atoms with E-state index in [4.69, 9.17) is 0 Å². The molecular weight excluding hydrogens is 174 g/mol. The summed E-state index contributed by atoms with van der Waals surface area (Å²) in [7, 11) is 4.14. The number of aromatic nitrogens is 2. The molecule has 0 aromatic carbocycles. The maximum atomic E-state index is 4.34. The largest absolute Gasteiger partial charge is 0.305 e. The van der Waals surface area contributed by atoms with Crippen LogP contribution in [0.25, 0.3) is 0 Å². The van der Waals surface area contributed by atoms with E-state index >= 15 is 0 Å². The lowest BCUT2D eigenvalue weighted by Gasteiger charge is -2.17. The van der Waals surface area contributed by atoms with Gasteiger partial charge >= 0.3 is 0 Å². The van der Waals surface area contributed by atoms with Crippen molar-refractivity contribution in [3.63, 3.8) is 0 Å². The Morgan fingerprint density at radius 2 is 2.00 bits per heavy atom. The lowest BCUT2D eigenvalue weighted by molar-refractivity contribution is 0.325. The van der Waals surface area contributed by atoms with Gasteiger partial charge in [0.1, 0.15) is 0 Å². The lowest BCUT2D eigenvalue weighted by atomic mass is 9.97. The Morgan fingerprint density at radius 1 is 1.36 bits per heavy atom. The molecular formula is C11H21N3. The molecule has 0 N–H and O–H groups in total. The molecule has 3 nitrogen and oxygen atoms in total. The quantitative estimate of drug-likeness (QED) is 0.735. The Hall–Kier alpha value is -0.830. The molecule has 0 aliphatic rings. The van der Waals surface area contributed by atoms with E-state index in [-0.39, 0.29) is 0 Å². The molecule has 0 aliphatic carbocycles. The van der Waals surface area contributed by atoms with Crippen molar-refractivity contribution in [1.29, 1.82) is 0 Å². The van der Waals surface area contributed by atoms with Gasteiger partial charge < -0.3 is 4.90 Å². The van der Waals surface area contributed by atoms with Crippen molar-refractivity contribution in [2.45, 2.75) is 33.9 Å². The van der Waals surface area contributed by atoms with Crippen molar-refractivity contribution in [3.8, 4) is 0 Å². The monoisotopic (exact) mass is 195 g/mol. The van der Waals surface area contributed by atoms with Crippen LogP contribution in [0.2, 0.25) is 0 Å². The lowest BCUT2D eigenvalue weighted by Crippen LogP contribution is -2.15. The van der Waals surface area contributed by atoms with Crippen LogP contribution in [-0.4, -0.2) is 28.8 Å². The second kappa shape index (κ2) is 4.13. The maximum Gasteiger partial charge on any atom is 0.0534 e. The molecule has 0 atom stereocenters. The van der Waals surface area contributed by atoms with Crippen molar-refractivity contribution >= 4 is 0 Å². The van der Waals surface area contributed by atoms with Crippen LogP contribution in [0, 0.1) is 5.41 Å². The van der Waals surface area contributed by atoms with E-state index in [0.717, 1.165) is 13.1 Å². The minimum atomic E-state index is 0.293. The first-order valence-electron chi connectivity index (χ1n) is 5.03. The van der Waals surface area contributed by atoms with Crippen LogP contribution < -0.4 is 0 Å². The minimum Gasteiger partial charge on any atom is -0.305 e. The standard InChI is InChI=1S/C11H21N3/c1-11(2,3)9-14-8-10(6-12-14)7-13(4)5/h6,8H,7,9H2,1-5H3. The summed E-state index contributed by atoms with van der Waals surface area (Å²) in [4.78, 5) is 2.15. The average Bonchev–Trinajstić information content (AvgIpc) is 2.30. The third-order valence-electron chi connectivity index (χ3n) is 1.82. The highest BCUT2D eigenvalue weighted by Gasteiger charge is 2.11. The second-order valence-corrected chi connectivity index (χ2v) is 5.34. The molecule has 80 valence electrons. The fourth-order valence-electron chi connectivity index (χ4n) is 1.43. The number of rotatable bonds is 3. The van der Waals surface area contributed by atoms with E-state index in [1.54, 1.807) is 0 Å². The Kier molecular flexibility index (Phi) is 3.32. The van der Waals surface area contributed by atoms with Gasteiger partial charge in [-0.25, -0.2) is 0 Å². The molecule has 0 saturated heterocycles. The zero-order valence-corrected chi connectivity index (χ0v) is 9.91. The van der Waals surface area contributed by atoms with Crippen LogP contribution >= 0.6 is 0 Å². The zero-order valence-electron chi connectivity index (χ0n) is 9.91. The molecule has 0 saturated carbocycles. The van der Waals surface area contributed by atoms with Crippen molar-refractivity contribution in [2.24, 2.45) is 5.41 Å². The second-order valence-electron chi connectivity index (χ2n) is 5.34. The topological polar surface area (TPSA) is 21.1 Å². The number of hydrogen-bond acceptors (Lipinski definition) is 2. The van der Waals surface area contributed by atoms with Crippen LogP contribution in [0.1, 0.15) is 26.3 Å². The molecule has 0 radical (unpaired) electrons. The highest BCUT2D eigenvalue weighted by Crippen LogP contribution is 2.15. The molecule has 1 rings (SSSR count). The van der Waals surface area contributed by atoms with Crippen LogP contribution in [0.4, 0.5) is 0 Å². The van der Waals surface area contributed by atoms with Crippen LogP contribution in [0.5, 0.6) is 0 Å². The zero-order chi connectivity index (χ0) is 10.8. The summed E-state index contributed by atoms with van der Waals surface area (Å²) in [5.74, 6) is 0. The van der Waals surface area contributed by atoms with E-state index in [1.807, 2.05) is 10.9 Å². The van der Waals surface area contributed by atoms with Gasteiger partial charge in [-0.05, 0) is 19.5 Å². The summed E-state index contributed by atoms with van der Waals surface area (Å²) in [5.41, 5.74) is 1.57. The average molecular weight is 195 g/mol. The molecule has 1 heterocycles. The smallest absolute Gasteiger partial charge is 0.0534 e. The summed E-state index contributed by atoms with van der Waals surface area (Å²) in [6.07, 6.45) is 4.08. The van der Waals surface area contributed by atoms with Gasteiger partial charge in [-0.2, -0.15) is 5.10 Å². The van der Waals surface area contributed by atoms with Gasteiger partial charge in [-0.15, -0.1) is 0 Å². The van der Waals surface area contributed by atoms with E-state index in [2.05, 4.69) is 51.1 Å². The van der Waals surface area contributed by atoms with E-state index in [0.29, 0.717) is 5.41 Å². The minimum absolute atomic E-state index is 0.293. The van der Waals surface area contributed by atoms with Crippen LogP contribution in [0.15, 0.2) is 12.4 Å². The predicted octanol–water partition coefficient (Wildman–Crippen LogP) is 1.99. The van der Waals surface area contributed by atoms with E-state index in [1.165, 1.54) is 5.56 Å². The first-order valence-corrected chi connectivity index (χ1v) is 5.03. The van der Waals surface area contributed by atoms with Gasteiger partial charge in [-0.3, -0.25) is 4.68 Å². The third kappa shape index (κ3) is 3.92. The van der Waals surface area contributed by atoms with Crippen molar-refractivity contribution in [2.75, 3.05) is 14.1 Å². The molecule has 1 aromatic heterocycles. The Bertz CT molecular complexity index is 281. The third-order valence-corrected chi connectivity index (χ3v) is 1.82. The molecule has 0 bridgehead atoms. The van der Waals surface area contributed by atoms with Crippen LogP contribution in [-0.2, 0) is 13.1 Å². The van der Waals surface area contributed by atoms with Crippen molar-refractivity contribution in [1.82, 2.24) is 14.7 Å². The Morgan fingerprint density at radius 3 is 2.50 bits per heavy atom. The highest BCUT2D eigenvalue weighted by atomic mass is 15.3. The maximum absolute atomic E-state index is 4.34. The first-order chi connectivity index (χ1) is 6.37. The van der Waals surface area contributed by atoms with Crippen LogP contribution in [0.3, 0.4) is 0 Å². The summed E-state index contributed by atoms with van der Waals surface area (Å²) < 4.78 is 2.03. The Balaban J connectivity index is 2.60. The van der Waals surface area contributed by atoms with Crippen molar-refractivity contribution in [3.05, 3.63) is 18.0 Å². The fourth-order valence-corrected chi connectivity index (χ4v) is 1.43. The van der Waals surface area contributed by atoms with Gasteiger partial charge in [0.15, 0.2) is 0 Å². The normalized spacial score (nSPS) is 12.4. The van der Waals surface area contributed by atoms with Gasteiger partial charge in [0.25, 0.3) is 0 Å². The molecule has 0 amide bonds. The van der Waals surface area contributed by atoms with Gasteiger partial charge in [0, 0.05) is 24.8 Å². The molecule has 0 aliphatic heterocycles. The molecule has 1 aromatic rings. The summed E-state index contributed by atoms with van der Waals surface area (Å²) in [5, 5.41) is 4.34. The molecule has 0 fully saturated rings. The molecule has 14 heavy (non-hydrogen) atoms. The van der Waals surface area contributed by atoms with Gasteiger partial charge in [0.05, 0.1) is 6.20 Å². The molecule has 0 unspecified atom stereocenters. The molecule has 3 heteroatoms. The summed E-state index contributed by atoms with van der Waals surface area (Å²) >= 11 is 0. The summed E-state index contributed by atoms with van der Waals surface area (Å²) in [6, 6.07) is 0. The van der Waals surface area contributed by atoms with Crippen molar-refractivity contribution < 1.29 is 0 Å². The number of nitrogens with zero attached hydrogens (tertiary/aromatic N) is 3. The Labute approximate surface area is 86.7 Å². The van der Waals surface area contributed by atoms with Gasteiger partial charge in [-0.1, -0.05) is 20.8 Å². The SMILES string of the molecule is CN(C)Cc1cnn(CC(C)(C)C)c1. The summed E-state index contributed by atoms with van der Waals surface area (Å²) in [6.45, 7) is 8.60.